The molecule has 2 heterocycles. The second-order valence-corrected chi connectivity index (χ2v) is 7.33. The third kappa shape index (κ3) is 3.51. The largest absolute Gasteiger partial charge is 0.510 e. The molecule has 1 aliphatic rings. The standard InChI is InChI=1S/C17H27N3OS/c1-5-7-8-13(6-2)9-20-10-14(21)15(16(20)18)17-19-11(3)12(4)22-17/h13,18,21H,5-10H2,1-4H3/t13-/m1/s1. The van der Waals surface area contributed by atoms with Gasteiger partial charge in [0.1, 0.15) is 16.6 Å². The number of aryl methyl sites for hydroxylation is 2. The maximum absolute atomic E-state index is 10.3. The number of hydrogen-bond donors (Lipinski definition) is 2. The predicted molar refractivity (Wildman–Crippen MR) is 93.7 cm³/mol. The first-order chi connectivity index (χ1) is 10.5. The first-order valence-electron chi connectivity index (χ1n) is 8.18. The number of thiazole rings is 1. The Labute approximate surface area is 137 Å². The Balaban J connectivity index is 2.09. The van der Waals surface area contributed by atoms with Crippen LogP contribution in [0.15, 0.2) is 5.76 Å². The predicted octanol–water partition coefficient (Wildman–Crippen LogP) is 4.54. The van der Waals surface area contributed by atoms with Gasteiger partial charge < -0.3 is 10.0 Å². The van der Waals surface area contributed by atoms with Crippen molar-refractivity contribution in [3.8, 4) is 0 Å². The molecule has 0 saturated carbocycles. The van der Waals surface area contributed by atoms with Crippen LogP contribution in [0.4, 0.5) is 0 Å². The molecule has 2 rings (SSSR count). The van der Waals surface area contributed by atoms with Gasteiger partial charge in [-0.1, -0.05) is 33.1 Å². The molecule has 2 N–H and O–H groups in total. The summed E-state index contributed by atoms with van der Waals surface area (Å²) in [5.74, 6) is 1.32. The molecule has 0 spiro atoms. The summed E-state index contributed by atoms with van der Waals surface area (Å²) in [5, 5.41) is 19.5. The van der Waals surface area contributed by atoms with Crippen molar-refractivity contribution < 1.29 is 5.11 Å². The summed E-state index contributed by atoms with van der Waals surface area (Å²) in [6, 6.07) is 0. The number of nitrogens with zero attached hydrogens (tertiary/aromatic N) is 2. The monoisotopic (exact) mass is 321 g/mol. The summed E-state index contributed by atoms with van der Waals surface area (Å²) in [5.41, 5.74) is 1.62. The zero-order valence-corrected chi connectivity index (χ0v) is 14.9. The van der Waals surface area contributed by atoms with Crippen LogP contribution in [0.3, 0.4) is 0 Å². The van der Waals surface area contributed by atoms with Crippen LogP contribution in [0.25, 0.3) is 5.57 Å². The molecule has 1 atom stereocenters. The normalized spacial score (nSPS) is 16.7. The highest BCUT2D eigenvalue weighted by Crippen LogP contribution is 2.32. The van der Waals surface area contributed by atoms with Crippen molar-refractivity contribution >= 4 is 22.7 Å². The number of rotatable bonds is 7. The molecule has 5 heteroatoms. The van der Waals surface area contributed by atoms with Gasteiger partial charge in [0, 0.05) is 11.4 Å². The second-order valence-electron chi connectivity index (χ2n) is 6.13. The van der Waals surface area contributed by atoms with Crippen molar-refractivity contribution in [3.05, 3.63) is 21.3 Å². The van der Waals surface area contributed by atoms with Crippen molar-refractivity contribution in [2.24, 2.45) is 5.92 Å². The second kappa shape index (κ2) is 7.27. The minimum Gasteiger partial charge on any atom is -0.510 e. The van der Waals surface area contributed by atoms with Crippen molar-refractivity contribution in [2.45, 2.75) is 53.4 Å². The molecular weight excluding hydrogens is 294 g/mol. The summed E-state index contributed by atoms with van der Waals surface area (Å²) in [6.45, 7) is 9.73. The van der Waals surface area contributed by atoms with E-state index in [1.165, 1.54) is 19.3 Å². The van der Waals surface area contributed by atoms with E-state index in [4.69, 9.17) is 5.41 Å². The van der Waals surface area contributed by atoms with E-state index in [1.807, 2.05) is 18.7 Å². The highest BCUT2D eigenvalue weighted by molar-refractivity contribution is 7.13. The number of nitrogens with one attached hydrogen (secondary N) is 1. The summed E-state index contributed by atoms with van der Waals surface area (Å²) < 4.78 is 0. The van der Waals surface area contributed by atoms with E-state index >= 15 is 0 Å². The van der Waals surface area contributed by atoms with Crippen LogP contribution >= 0.6 is 11.3 Å². The quantitative estimate of drug-likeness (QED) is 0.775. The van der Waals surface area contributed by atoms with Gasteiger partial charge in [0.2, 0.25) is 0 Å². The SMILES string of the molecule is CCCC[C@@H](CC)CN1CC(O)=C(c2nc(C)c(C)s2)C1=N. The fraction of sp³-hybridized carbons (Fsp3) is 0.647. The van der Waals surface area contributed by atoms with Crippen molar-refractivity contribution in [3.63, 3.8) is 0 Å². The van der Waals surface area contributed by atoms with Crippen LogP contribution in [0.2, 0.25) is 0 Å². The highest BCUT2D eigenvalue weighted by Gasteiger charge is 2.31. The number of aliphatic hydroxyl groups is 1. The third-order valence-electron chi connectivity index (χ3n) is 4.45. The van der Waals surface area contributed by atoms with Crippen molar-refractivity contribution in [1.82, 2.24) is 9.88 Å². The molecule has 0 unspecified atom stereocenters. The maximum Gasteiger partial charge on any atom is 0.135 e. The molecule has 0 radical (unpaired) electrons. The average molecular weight is 321 g/mol. The van der Waals surface area contributed by atoms with Gasteiger partial charge in [-0.25, -0.2) is 4.98 Å². The Kier molecular flexibility index (Phi) is 5.62. The van der Waals surface area contributed by atoms with E-state index in [0.29, 0.717) is 29.6 Å². The molecule has 22 heavy (non-hydrogen) atoms. The third-order valence-corrected chi connectivity index (χ3v) is 5.54. The molecular formula is C17H27N3OS. The zero-order chi connectivity index (χ0) is 16.3. The minimum atomic E-state index is 0.295. The topological polar surface area (TPSA) is 60.2 Å². The average Bonchev–Trinajstić information content (AvgIpc) is 2.94. The van der Waals surface area contributed by atoms with Gasteiger partial charge in [-0.05, 0) is 26.2 Å². The number of unbranched alkanes of at least 4 members (excludes halogenated alkanes) is 1. The molecule has 0 bridgehead atoms. The lowest BCUT2D eigenvalue weighted by Gasteiger charge is -2.24. The van der Waals surface area contributed by atoms with E-state index in [1.54, 1.807) is 11.3 Å². The van der Waals surface area contributed by atoms with Crippen LogP contribution < -0.4 is 0 Å². The Hall–Kier alpha value is -1.36. The van der Waals surface area contributed by atoms with Crippen LogP contribution in [-0.4, -0.2) is 33.9 Å². The van der Waals surface area contributed by atoms with Gasteiger partial charge in [0.15, 0.2) is 0 Å². The molecule has 0 saturated heterocycles. The molecule has 1 aliphatic heterocycles. The first-order valence-corrected chi connectivity index (χ1v) is 8.99. The van der Waals surface area contributed by atoms with Crippen LogP contribution in [-0.2, 0) is 0 Å². The number of hydrogen-bond acceptors (Lipinski definition) is 4. The first kappa shape index (κ1) is 17.0. The molecule has 4 nitrogen and oxygen atoms in total. The maximum atomic E-state index is 10.3. The molecule has 0 fully saturated rings. The molecule has 122 valence electrons. The number of aromatic nitrogens is 1. The van der Waals surface area contributed by atoms with E-state index < -0.39 is 0 Å². The van der Waals surface area contributed by atoms with Crippen molar-refractivity contribution in [2.75, 3.05) is 13.1 Å². The van der Waals surface area contributed by atoms with Crippen molar-refractivity contribution in [1.29, 1.82) is 5.41 Å². The summed E-state index contributed by atoms with van der Waals surface area (Å²) in [4.78, 5) is 7.66. The fourth-order valence-electron chi connectivity index (χ4n) is 2.82. The van der Waals surface area contributed by atoms with Gasteiger partial charge >= 0.3 is 0 Å². The lowest BCUT2D eigenvalue weighted by Crippen LogP contribution is -2.32. The Morgan fingerprint density at radius 2 is 2.09 bits per heavy atom. The van der Waals surface area contributed by atoms with Crippen LogP contribution in [0, 0.1) is 25.2 Å². The van der Waals surface area contributed by atoms with Gasteiger partial charge in [0.25, 0.3) is 0 Å². The van der Waals surface area contributed by atoms with Gasteiger partial charge in [-0.15, -0.1) is 11.3 Å². The van der Waals surface area contributed by atoms with Gasteiger partial charge in [0.05, 0.1) is 17.8 Å². The Bertz CT molecular complexity index is 557. The Morgan fingerprint density at radius 1 is 1.36 bits per heavy atom. The lowest BCUT2D eigenvalue weighted by atomic mass is 9.99. The van der Waals surface area contributed by atoms with Gasteiger partial charge in [-0.2, -0.15) is 0 Å². The fourth-order valence-corrected chi connectivity index (χ4v) is 3.81. The lowest BCUT2D eigenvalue weighted by molar-refractivity contribution is 0.298. The summed E-state index contributed by atoms with van der Waals surface area (Å²) >= 11 is 1.56. The van der Waals surface area contributed by atoms with E-state index in [2.05, 4.69) is 18.8 Å². The summed E-state index contributed by atoms with van der Waals surface area (Å²) in [6.07, 6.45) is 4.76. The van der Waals surface area contributed by atoms with E-state index in [0.717, 1.165) is 28.5 Å². The zero-order valence-electron chi connectivity index (χ0n) is 14.1. The molecule has 1 aromatic heterocycles. The Morgan fingerprint density at radius 3 is 2.64 bits per heavy atom. The smallest absolute Gasteiger partial charge is 0.135 e. The molecule has 1 aromatic rings. The van der Waals surface area contributed by atoms with E-state index in [-0.39, 0.29) is 0 Å². The molecule has 0 amide bonds. The van der Waals surface area contributed by atoms with Gasteiger partial charge in [-0.3, -0.25) is 5.41 Å². The summed E-state index contributed by atoms with van der Waals surface area (Å²) in [7, 11) is 0. The number of amidine groups is 1. The minimum absolute atomic E-state index is 0.295. The van der Waals surface area contributed by atoms with Crippen LogP contribution in [0.5, 0.6) is 0 Å². The molecule has 0 aliphatic carbocycles. The van der Waals surface area contributed by atoms with Crippen LogP contribution in [0.1, 0.15) is 55.1 Å². The van der Waals surface area contributed by atoms with E-state index in [9.17, 15) is 5.11 Å². The molecule has 0 aromatic carbocycles. The highest BCUT2D eigenvalue weighted by atomic mass is 32.1. The number of aliphatic hydroxyl groups excluding tert-OH is 1.